The maximum atomic E-state index is 6.52. The van der Waals surface area contributed by atoms with Crippen LogP contribution in [0.1, 0.15) is 43.9 Å². The van der Waals surface area contributed by atoms with Gasteiger partial charge in [0.2, 0.25) is 0 Å². The van der Waals surface area contributed by atoms with Gasteiger partial charge in [-0.1, -0.05) is 74.5 Å². The van der Waals surface area contributed by atoms with Crippen LogP contribution in [-0.2, 0) is 10.2 Å². The summed E-state index contributed by atoms with van der Waals surface area (Å²) in [6, 6.07) is 28.9. The van der Waals surface area contributed by atoms with Crippen LogP contribution in [-0.4, -0.2) is 6.10 Å². The molecule has 0 aromatic heterocycles. The van der Waals surface area contributed by atoms with Crippen LogP contribution in [0.5, 0.6) is 11.5 Å². The van der Waals surface area contributed by atoms with Gasteiger partial charge in [0.15, 0.2) is 0 Å². The normalized spacial score (nSPS) is 19.8. The van der Waals surface area contributed by atoms with E-state index in [2.05, 4.69) is 56.3 Å². The Bertz CT molecular complexity index is 871. The fraction of sp³-hybridized carbons (Fsp3) is 0.280. The summed E-state index contributed by atoms with van der Waals surface area (Å²) in [5.41, 5.74) is 2.51. The van der Waals surface area contributed by atoms with Gasteiger partial charge in [-0.3, -0.25) is 0 Å². The molecule has 3 aromatic rings. The first kappa shape index (κ1) is 17.8. The lowest BCUT2D eigenvalue weighted by molar-refractivity contribution is 0.00499. The first-order valence-corrected chi connectivity index (χ1v) is 9.67. The molecule has 1 aliphatic heterocycles. The quantitative estimate of drug-likeness (QED) is 0.506. The number of rotatable bonds is 5. The standard InChI is InChI=1S/C25H26O2/c1-25(2,20-11-5-3-6-12-20)24-17-16-23(27-24)19-10-9-15-22(18-19)26-21-13-7-4-8-14-21/h3-15,18,23-24H,16-17H2,1-2H3/t23-,24+/m0/s1. The van der Waals surface area contributed by atoms with Crippen LogP contribution in [0.3, 0.4) is 0 Å². The molecule has 0 spiro atoms. The van der Waals surface area contributed by atoms with E-state index >= 15 is 0 Å². The van der Waals surface area contributed by atoms with Gasteiger partial charge < -0.3 is 9.47 Å². The molecule has 1 aliphatic rings. The lowest BCUT2D eigenvalue weighted by atomic mass is 9.78. The average molecular weight is 358 g/mol. The van der Waals surface area contributed by atoms with Crippen molar-refractivity contribution in [2.75, 3.05) is 0 Å². The Morgan fingerprint density at radius 2 is 1.44 bits per heavy atom. The van der Waals surface area contributed by atoms with Gasteiger partial charge in [0.25, 0.3) is 0 Å². The molecule has 0 amide bonds. The average Bonchev–Trinajstić information content (AvgIpc) is 3.21. The lowest BCUT2D eigenvalue weighted by Crippen LogP contribution is -2.33. The predicted octanol–water partition coefficient (Wildman–Crippen LogP) is 6.68. The van der Waals surface area contributed by atoms with Crippen molar-refractivity contribution in [1.82, 2.24) is 0 Å². The highest BCUT2D eigenvalue weighted by molar-refractivity contribution is 5.35. The fourth-order valence-corrected chi connectivity index (χ4v) is 3.87. The van der Waals surface area contributed by atoms with Gasteiger partial charge in [-0.15, -0.1) is 0 Å². The van der Waals surface area contributed by atoms with E-state index < -0.39 is 0 Å². The molecule has 0 N–H and O–H groups in total. The molecule has 1 saturated heterocycles. The van der Waals surface area contributed by atoms with Crippen LogP contribution in [0.4, 0.5) is 0 Å². The Hall–Kier alpha value is -2.58. The molecular formula is C25H26O2. The highest BCUT2D eigenvalue weighted by atomic mass is 16.5. The first-order chi connectivity index (χ1) is 13.1. The van der Waals surface area contributed by atoms with E-state index in [0.717, 1.165) is 24.3 Å². The topological polar surface area (TPSA) is 18.5 Å². The van der Waals surface area contributed by atoms with Crippen LogP contribution in [0.25, 0.3) is 0 Å². The summed E-state index contributed by atoms with van der Waals surface area (Å²) in [6.45, 7) is 4.56. The highest BCUT2D eigenvalue weighted by Crippen LogP contribution is 2.42. The molecule has 0 radical (unpaired) electrons. The maximum Gasteiger partial charge on any atom is 0.127 e. The zero-order valence-electron chi connectivity index (χ0n) is 16.0. The SMILES string of the molecule is CC(C)(c1ccccc1)[C@H]1CC[C@@H](c2cccc(Oc3ccccc3)c2)O1. The molecule has 4 rings (SSSR count). The molecule has 27 heavy (non-hydrogen) atoms. The second-order valence-corrected chi connectivity index (χ2v) is 7.77. The lowest BCUT2D eigenvalue weighted by Gasteiger charge is -2.32. The summed E-state index contributed by atoms with van der Waals surface area (Å²) in [4.78, 5) is 0. The summed E-state index contributed by atoms with van der Waals surface area (Å²) >= 11 is 0. The Kier molecular flexibility index (Phi) is 5.00. The van der Waals surface area contributed by atoms with Gasteiger partial charge >= 0.3 is 0 Å². The minimum Gasteiger partial charge on any atom is -0.457 e. The predicted molar refractivity (Wildman–Crippen MR) is 109 cm³/mol. The van der Waals surface area contributed by atoms with Crippen LogP contribution in [0.15, 0.2) is 84.9 Å². The molecule has 1 fully saturated rings. The van der Waals surface area contributed by atoms with Gasteiger partial charge in [0.1, 0.15) is 11.5 Å². The van der Waals surface area contributed by atoms with Crippen LogP contribution >= 0.6 is 0 Å². The summed E-state index contributed by atoms with van der Waals surface area (Å²) in [5, 5.41) is 0. The van der Waals surface area contributed by atoms with Crippen LogP contribution < -0.4 is 4.74 Å². The second kappa shape index (κ2) is 7.58. The molecule has 0 aliphatic carbocycles. The molecule has 2 nitrogen and oxygen atoms in total. The number of ether oxygens (including phenoxy) is 2. The van der Waals surface area contributed by atoms with Crippen molar-refractivity contribution in [3.05, 3.63) is 96.1 Å². The third-order valence-corrected chi connectivity index (χ3v) is 5.55. The van der Waals surface area contributed by atoms with Gasteiger partial charge in [-0.25, -0.2) is 0 Å². The molecule has 1 heterocycles. The van der Waals surface area contributed by atoms with Crippen molar-refractivity contribution in [1.29, 1.82) is 0 Å². The molecule has 3 aromatic carbocycles. The zero-order valence-corrected chi connectivity index (χ0v) is 16.0. The van der Waals surface area contributed by atoms with Crippen molar-refractivity contribution in [3.8, 4) is 11.5 Å². The van der Waals surface area contributed by atoms with Crippen LogP contribution in [0, 0.1) is 0 Å². The molecular weight excluding hydrogens is 332 g/mol. The van der Waals surface area contributed by atoms with E-state index in [1.165, 1.54) is 11.1 Å². The Balaban J connectivity index is 1.48. The largest absolute Gasteiger partial charge is 0.457 e. The molecule has 0 bridgehead atoms. The molecule has 2 atom stereocenters. The minimum absolute atomic E-state index is 0.00579. The van der Waals surface area contributed by atoms with Crippen molar-refractivity contribution < 1.29 is 9.47 Å². The summed E-state index contributed by atoms with van der Waals surface area (Å²) < 4.78 is 12.5. The summed E-state index contributed by atoms with van der Waals surface area (Å²) in [5.74, 6) is 1.71. The summed E-state index contributed by atoms with van der Waals surface area (Å²) in [7, 11) is 0. The Morgan fingerprint density at radius 1 is 0.778 bits per heavy atom. The number of hydrogen-bond acceptors (Lipinski definition) is 2. The summed E-state index contributed by atoms with van der Waals surface area (Å²) in [6.07, 6.45) is 2.44. The van der Waals surface area contributed by atoms with Crippen molar-refractivity contribution in [2.45, 2.75) is 44.3 Å². The highest BCUT2D eigenvalue weighted by Gasteiger charge is 2.38. The van der Waals surface area contributed by atoms with Crippen LogP contribution in [0.2, 0.25) is 0 Å². The zero-order chi connectivity index (χ0) is 18.7. The van der Waals surface area contributed by atoms with Gasteiger partial charge in [-0.2, -0.15) is 0 Å². The van der Waals surface area contributed by atoms with Crippen molar-refractivity contribution in [2.24, 2.45) is 0 Å². The molecule has 2 heteroatoms. The Labute approximate surface area is 161 Å². The van der Waals surface area contributed by atoms with Gasteiger partial charge in [0, 0.05) is 5.41 Å². The van der Waals surface area contributed by atoms with Crippen molar-refractivity contribution >= 4 is 0 Å². The number of hydrogen-bond donors (Lipinski definition) is 0. The number of benzene rings is 3. The monoisotopic (exact) mass is 358 g/mol. The number of para-hydroxylation sites is 1. The fourth-order valence-electron chi connectivity index (χ4n) is 3.87. The Morgan fingerprint density at radius 3 is 2.19 bits per heavy atom. The minimum atomic E-state index is -0.00579. The van der Waals surface area contributed by atoms with E-state index in [1.54, 1.807) is 0 Å². The maximum absolute atomic E-state index is 6.52. The van der Waals surface area contributed by atoms with E-state index in [4.69, 9.17) is 9.47 Å². The molecule has 138 valence electrons. The van der Waals surface area contributed by atoms with E-state index in [9.17, 15) is 0 Å². The molecule has 0 unspecified atom stereocenters. The smallest absolute Gasteiger partial charge is 0.127 e. The van der Waals surface area contributed by atoms with Gasteiger partial charge in [-0.05, 0) is 48.2 Å². The van der Waals surface area contributed by atoms with Gasteiger partial charge in [0.05, 0.1) is 12.2 Å². The molecule has 0 saturated carbocycles. The second-order valence-electron chi connectivity index (χ2n) is 7.77. The van der Waals surface area contributed by atoms with Crippen molar-refractivity contribution in [3.63, 3.8) is 0 Å². The van der Waals surface area contributed by atoms with E-state index in [1.807, 2.05) is 42.5 Å². The first-order valence-electron chi connectivity index (χ1n) is 9.67. The third-order valence-electron chi connectivity index (χ3n) is 5.55. The third kappa shape index (κ3) is 3.91. The van der Waals surface area contributed by atoms with E-state index in [-0.39, 0.29) is 17.6 Å². The van der Waals surface area contributed by atoms with E-state index in [0.29, 0.717) is 0 Å².